The summed E-state index contributed by atoms with van der Waals surface area (Å²) in [6.07, 6.45) is 5.16. The van der Waals surface area contributed by atoms with Crippen LogP contribution in [0.15, 0.2) is 48.5 Å². The molecule has 0 fully saturated rings. The fourth-order valence-electron chi connectivity index (χ4n) is 3.19. The Balaban J connectivity index is 1.88. The minimum absolute atomic E-state index is 0.176. The van der Waals surface area contributed by atoms with Crippen molar-refractivity contribution in [3.63, 3.8) is 0 Å². The van der Waals surface area contributed by atoms with Crippen LogP contribution in [0.1, 0.15) is 16.8 Å². The Labute approximate surface area is 128 Å². The molecular weight excluding hydrogens is 275 g/mol. The first kappa shape index (κ1) is 13.3. The van der Waals surface area contributed by atoms with Crippen LogP contribution in [-0.4, -0.2) is 11.1 Å². The SMILES string of the molecule is Fc1ccc2c(c1)c1c(n2/C=C\c2ccccc2)CCNC1. The molecule has 22 heavy (non-hydrogen) atoms. The van der Waals surface area contributed by atoms with E-state index in [0.29, 0.717) is 0 Å². The predicted molar refractivity (Wildman–Crippen MR) is 89.0 cm³/mol. The van der Waals surface area contributed by atoms with E-state index >= 15 is 0 Å². The topological polar surface area (TPSA) is 17.0 Å². The summed E-state index contributed by atoms with van der Waals surface area (Å²) in [5, 5.41) is 4.39. The van der Waals surface area contributed by atoms with Crippen LogP contribution in [0.5, 0.6) is 0 Å². The van der Waals surface area contributed by atoms with Crippen molar-refractivity contribution >= 4 is 23.2 Å². The van der Waals surface area contributed by atoms with Gasteiger partial charge in [0.1, 0.15) is 5.82 Å². The first-order valence-corrected chi connectivity index (χ1v) is 7.58. The van der Waals surface area contributed by atoms with Gasteiger partial charge in [-0.3, -0.25) is 0 Å². The van der Waals surface area contributed by atoms with Gasteiger partial charge < -0.3 is 9.88 Å². The number of nitrogens with zero attached hydrogens (tertiary/aromatic N) is 1. The van der Waals surface area contributed by atoms with Gasteiger partial charge in [-0.2, -0.15) is 0 Å². The molecule has 0 saturated carbocycles. The van der Waals surface area contributed by atoms with E-state index in [1.54, 1.807) is 6.07 Å². The third-order valence-electron chi connectivity index (χ3n) is 4.24. The second-order valence-corrected chi connectivity index (χ2v) is 5.61. The molecule has 0 spiro atoms. The lowest BCUT2D eigenvalue weighted by Gasteiger charge is -2.15. The smallest absolute Gasteiger partial charge is 0.123 e. The molecule has 2 aromatic carbocycles. The second-order valence-electron chi connectivity index (χ2n) is 5.61. The molecule has 1 N–H and O–H groups in total. The predicted octanol–water partition coefficient (Wildman–Crippen LogP) is 4.05. The summed E-state index contributed by atoms with van der Waals surface area (Å²) >= 11 is 0. The minimum Gasteiger partial charge on any atom is -0.320 e. The highest BCUT2D eigenvalue weighted by Crippen LogP contribution is 2.29. The van der Waals surface area contributed by atoms with E-state index in [2.05, 4.69) is 34.3 Å². The summed E-state index contributed by atoms with van der Waals surface area (Å²) in [5.74, 6) is -0.176. The van der Waals surface area contributed by atoms with E-state index in [0.717, 1.165) is 36.0 Å². The molecule has 2 nitrogen and oxygen atoms in total. The number of fused-ring (bicyclic) bond motifs is 3. The van der Waals surface area contributed by atoms with Crippen LogP contribution < -0.4 is 5.32 Å². The van der Waals surface area contributed by atoms with Crippen molar-refractivity contribution in [1.82, 2.24) is 9.88 Å². The van der Waals surface area contributed by atoms with Gasteiger partial charge in [-0.05, 0) is 35.4 Å². The molecule has 0 aliphatic carbocycles. The maximum absolute atomic E-state index is 13.6. The van der Waals surface area contributed by atoms with Crippen LogP contribution in [0.25, 0.3) is 23.2 Å². The Kier molecular flexibility index (Phi) is 3.28. The van der Waals surface area contributed by atoms with Gasteiger partial charge in [0.25, 0.3) is 0 Å². The van der Waals surface area contributed by atoms with Gasteiger partial charge in [0.2, 0.25) is 0 Å². The molecule has 2 heterocycles. The van der Waals surface area contributed by atoms with Crippen molar-refractivity contribution in [2.24, 2.45) is 0 Å². The lowest BCUT2D eigenvalue weighted by Crippen LogP contribution is -2.24. The van der Waals surface area contributed by atoms with Crippen molar-refractivity contribution in [2.75, 3.05) is 6.54 Å². The molecule has 0 saturated heterocycles. The Morgan fingerprint density at radius 2 is 1.95 bits per heavy atom. The highest BCUT2D eigenvalue weighted by molar-refractivity contribution is 5.88. The van der Waals surface area contributed by atoms with Gasteiger partial charge in [0.05, 0.1) is 5.52 Å². The molecule has 3 heteroatoms. The van der Waals surface area contributed by atoms with Gasteiger partial charge >= 0.3 is 0 Å². The van der Waals surface area contributed by atoms with E-state index in [9.17, 15) is 4.39 Å². The number of aromatic nitrogens is 1. The summed E-state index contributed by atoms with van der Waals surface area (Å²) in [6, 6.07) is 15.3. The molecule has 110 valence electrons. The van der Waals surface area contributed by atoms with Crippen LogP contribution in [-0.2, 0) is 13.0 Å². The van der Waals surface area contributed by atoms with E-state index in [4.69, 9.17) is 0 Å². The zero-order valence-electron chi connectivity index (χ0n) is 12.2. The molecule has 0 unspecified atom stereocenters. The fourth-order valence-corrected chi connectivity index (χ4v) is 3.19. The van der Waals surface area contributed by atoms with Gasteiger partial charge in [0.15, 0.2) is 0 Å². The third kappa shape index (κ3) is 2.24. The van der Waals surface area contributed by atoms with E-state index in [-0.39, 0.29) is 5.82 Å². The van der Waals surface area contributed by atoms with E-state index < -0.39 is 0 Å². The normalized spacial score (nSPS) is 14.6. The summed E-state index contributed by atoms with van der Waals surface area (Å²) in [6.45, 7) is 1.77. The molecule has 1 aliphatic rings. The Morgan fingerprint density at radius 3 is 2.82 bits per heavy atom. The highest BCUT2D eigenvalue weighted by Gasteiger charge is 2.18. The zero-order valence-corrected chi connectivity index (χ0v) is 12.2. The van der Waals surface area contributed by atoms with Crippen molar-refractivity contribution in [1.29, 1.82) is 0 Å². The van der Waals surface area contributed by atoms with Crippen LogP contribution in [0.3, 0.4) is 0 Å². The largest absolute Gasteiger partial charge is 0.320 e. The van der Waals surface area contributed by atoms with E-state index in [1.165, 1.54) is 17.3 Å². The summed E-state index contributed by atoms with van der Waals surface area (Å²) in [7, 11) is 0. The van der Waals surface area contributed by atoms with E-state index in [1.807, 2.05) is 24.3 Å². The van der Waals surface area contributed by atoms with Gasteiger partial charge in [-0.1, -0.05) is 30.3 Å². The molecule has 0 bridgehead atoms. The number of halogens is 1. The number of nitrogens with one attached hydrogen (secondary N) is 1. The number of hydrogen-bond acceptors (Lipinski definition) is 1. The van der Waals surface area contributed by atoms with Crippen LogP contribution >= 0.6 is 0 Å². The summed E-state index contributed by atoms with van der Waals surface area (Å²) in [4.78, 5) is 0. The second kappa shape index (κ2) is 5.43. The van der Waals surface area contributed by atoms with Crippen molar-refractivity contribution in [3.8, 4) is 0 Å². The molecule has 0 radical (unpaired) electrons. The summed E-state index contributed by atoms with van der Waals surface area (Å²) < 4.78 is 15.8. The Hall–Kier alpha value is -2.39. The molecule has 1 aromatic heterocycles. The minimum atomic E-state index is -0.176. The quantitative estimate of drug-likeness (QED) is 0.754. The van der Waals surface area contributed by atoms with Crippen LogP contribution in [0.4, 0.5) is 4.39 Å². The maximum atomic E-state index is 13.6. The number of hydrogen-bond donors (Lipinski definition) is 1. The number of rotatable bonds is 2. The fraction of sp³-hybridized carbons (Fsp3) is 0.158. The molecule has 0 atom stereocenters. The number of benzene rings is 2. The van der Waals surface area contributed by atoms with Crippen LogP contribution in [0, 0.1) is 5.82 Å². The Bertz CT molecular complexity index is 847. The van der Waals surface area contributed by atoms with Crippen molar-refractivity contribution < 1.29 is 4.39 Å². The lowest BCUT2D eigenvalue weighted by atomic mass is 10.1. The summed E-state index contributed by atoms with van der Waals surface area (Å²) in [5.41, 5.74) is 4.74. The van der Waals surface area contributed by atoms with Crippen LogP contribution in [0.2, 0.25) is 0 Å². The standard InChI is InChI=1S/C19H17FN2/c20-15-6-7-18-16(12-15)17-13-21-10-8-19(17)22(18)11-9-14-4-2-1-3-5-14/h1-7,9,11-12,21H,8,10,13H2/b11-9-. The Morgan fingerprint density at radius 1 is 1.09 bits per heavy atom. The average Bonchev–Trinajstić information content (AvgIpc) is 2.87. The average molecular weight is 292 g/mol. The molecule has 4 rings (SSSR count). The first-order chi connectivity index (χ1) is 10.8. The monoisotopic (exact) mass is 292 g/mol. The molecule has 0 amide bonds. The van der Waals surface area contributed by atoms with Gasteiger partial charge in [0, 0.05) is 36.8 Å². The maximum Gasteiger partial charge on any atom is 0.123 e. The highest BCUT2D eigenvalue weighted by atomic mass is 19.1. The molecular formula is C19H17FN2. The zero-order chi connectivity index (χ0) is 14.9. The van der Waals surface area contributed by atoms with Crippen molar-refractivity contribution in [2.45, 2.75) is 13.0 Å². The lowest BCUT2D eigenvalue weighted by molar-refractivity contribution is 0.627. The van der Waals surface area contributed by atoms with Gasteiger partial charge in [-0.15, -0.1) is 0 Å². The molecule has 3 aromatic rings. The first-order valence-electron chi connectivity index (χ1n) is 7.58. The van der Waals surface area contributed by atoms with Gasteiger partial charge in [-0.25, -0.2) is 4.39 Å². The molecule has 1 aliphatic heterocycles. The third-order valence-corrected chi connectivity index (χ3v) is 4.24. The van der Waals surface area contributed by atoms with Crippen molar-refractivity contribution in [3.05, 3.63) is 71.2 Å².